The number of aromatic nitrogens is 1. The minimum absolute atomic E-state index is 1.26. The van der Waals surface area contributed by atoms with Crippen LogP contribution in [-0.4, -0.2) is 8.07 Å². The highest BCUT2D eigenvalue weighted by atomic mass is 28.3. The summed E-state index contributed by atoms with van der Waals surface area (Å²) in [6.45, 7) is 9.26. The van der Waals surface area contributed by atoms with Crippen LogP contribution in [0.5, 0.6) is 0 Å². The molecular formula is C30H34NSi+. The fraction of sp³-hybridized carbons (Fsp3) is 0.300. The predicted molar refractivity (Wildman–Crippen MR) is 140 cm³/mol. The van der Waals surface area contributed by atoms with Crippen molar-refractivity contribution in [3.63, 3.8) is 0 Å². The van der Waals surface area contributed by atoms with Gasteiger partial charge in [-0.2, -0.15) is 0 Å². The highest BCUT2D eigenvalue weighted by Gasteiger charge is 2.33. The number of aryl methyl sites for hydroxylation is 4. The molecule has 32 heavy (non-hydrogen) atoms. The molecule has 0 amide bonds. The summed E-state index contributed by atoms with van der Waals surface area (Å²) in [6.07, 6.45) is 5.07. The summed E-state index contributed by atoms with van der Waals surface area (Å²) < 4.78 is 2.29. The van der Waals surface area contributed by atoms with E-state index < -0.39 is 8.07 Å². The molecule has 3 aromatic carbocycles. The zero-order valence-corrected chi connectivity index (χ0v) is 21.1. The summed E-state index contributed by atoms with van der Waals surface area (Å²) in [5.41, 5.74) is 9.32. The number of hydrogen-bond acceptors (Lipinski definition) is 0. The van der Waals surface area contributed by atoms with Gasteiger partial charge in [-0.25, -0.2) is 4.57 Å². The average molecular weight is 437 g/mol. The lowest BCUT2D eigenvalue weighted by Crippen LogP contribution is -2.41. The molecule has 1 aromatic heterocycles. The van der Waals surface area contributed by atoms with E-state index in [0.717, 1.165) is 0 Å². The Hall–Kier alpha value is -2.71. The van der Waals surface area contributed by atoms with Gasteiger partial charge in [0.05, 0.1) is 13.5 Å². The first-order valence-corrected chi connectivity index (χ1v) is 14.9. The third kappa shape index (κ3) is 3.51. The predicted octanol–water partition coefficient (Wildman–Crippen LogP) is 7.00. The van der Waals surface area contributed by atoms with Gasteiger partial charge in [-0.05, 0) is 66.1 Å². The van der Waals surface area contributed by atoms with Crippen molar-refractivity contribution < 1.29 is 4.57 Å². The monoisotopic (exact) mass is 436 g/mol. The molecule has 0 spiro atoms. The van der Waals surface area contributed by atoms with Gasteiger partial charge in [-0.1, -0.05) is 79.1 Å². The topological polar surface area (TPSA) is 3.88 Å². The van der Waals surface area contributed by atoms with Gasteiger partial charge in [0.15, 0.2) is 6.20 Å². The summed E-state index contributed by atoms with van der Waals surface area (Å²) in [6, 6.07) is 26.1. The molecule has 1 fully saturated rings. The van der Waals surface area contributed by atoms with Gasteiger partial charge in [0.2, 0.25) is 5.69 Å². The van der Waals surface area contributed by atoms with E-state index in [1.807, 2.05) is 0 Å². The first kappa shape index (κ1) is 21.1. The van der Waals surface area contributed by atoms with Crippen LogP contribution in [0, 0.1) is 20.8 Å². The molecule has 162 valence electrons. The maximum atomic E-state index is 2.58. The Labute approximate surface area is 193 Å². The number of rotatable bonds is 3. The Morgan fingerprint density at radius 3 is 2.19 bits per heavy atom. The van der Waals surface area contributed by atoms with Gasteiger partial charge in [0.25, 0.3) is 0 Å². The van der Waals surface area contributed by atoms with Gasteiger partial charge in [-0.3, -0.25) is 0 Å². The first-order valence-electron chi connectivity index (χ1n) is 12.0. The highest BCUT2D eigenvalue weighted by Crippen LogP contribution is 2.34. The number of pyridine rings is 1. The van der Waals surface area contributed by atoms with E-state index in [1.54, 1.807) is 5.19 Å². The van der Waals surface area contributed by atoms with Crippen LogP contribution in [0.1, 0.15) is 29.5 Å². The number of fused-ring (bicyclic) bond motifs is 1. The summed E-state index contributed by atoms with van der Waals surface area (Å²) in [7, 11) is 0.912. The lowest BCUT2D eigenvalue weighted by molar-refractivity contribution is -0.659. The van der Waals surface area contributed by atoms with Crippen molar-refractivity contribution in [1.29, 1.82) is 0 Å². The molecule has 0 N–H and O–H groups in total. The molecule has 1 nitrogen and oxygen atoms in total. The second-order valence-electron chi connectivity index (χ2n) is 10.1. The molecule has 1 saturated heterocycles. The van der Waals surface area contributed by atoms with Gasteiger partial charge in [0.1, 0.15) is 7.05 Å². The van der Waals surface area contributed by atoms with E-state index in [1.165, 1.54) is 74.8 Å². The molecule has 0 bridgehead atoms. The highest BCUT2D eigenvalue weighted by molar-refractivity contribution is 6.91. The van der Waals surface area contributed by atoms with Gasteiger partial charge in [-0.15, -0.1) is 0 Å². The molecule has 0 radical (unpaired) electrons. The second kappa shape index (κ2) is 8.01. The van der Waals surface area contributed by atoms with Crippen LogP contribution >= 0.6 is 0 Å². The molecule has 1 aliphatic heterocycles. The molecule has 0 saturated carbocycles. The average Bonchev–Trinajstić information content (AvgIpc) is 3.22. The van der Waals surface area contributed by atoms with Gasteiger partial charge in [0, 0.05) is 11.6 Å². The summed E-state index contributed by atoms with van der Waals surface area (Å²) >= 11 is 0. The second-order valence-corrected chi connectivity index (χ2v) is 14.8. The number of nitrogens with zero attached hydrogens (tertiary/aromatic N) is 1. The van der Waals surface area contributed by atoms with Crippen molar-refractivity contribution in [2.75, 3.05) is 0 Å². The molecule has 2 heterocycles. The standard InChI is InChI=1S/C30H34NSi/c1-21-9-8-10-22(2)29(21)25-11-13-27(23(3)19-25)30-28-14-12-26(32(5)17-6-7-18-32)20-24(28)15-16-31(30)4/h8-16,19-20H,6-7,17-18H2,1-5H3/q+1. The Balaban J connectivity index is 1.63. The molecule has 0 atom stereocenters. The van der Waals surface area contributed by atoms with Crippen molar-refractivity contribution in [2.45, 2.75) is 52.2 Å². The molecule has 5 rings (SSSR count). The normalized spacial score (nSPS) is 15.4. The fourth-order valence-electron chi connectivity index (χ4n) is 5.88. The molecule has 1 aliphatic rings. The quantitative estimate of drug-likeness (QED) is 0.240. The van der Waals surface area contributed by atoms with E-state index in [2.05, 4.69) is 106 Å². The lowest BCUT2D eigenvalue weighted by Gasteiger charge is -2.22. The van der Waals surface area contributed by atoms with Crippen molar-refractivity contribution in [3.8, 4) is 22.4 Å². The summed E-state index contributed by atoms with van der Waals surface area (Å²) in [5, 5.41) is 4.39. The fourth-order valence-corrected chi connectivity index (χ4v) is 9.76. The molecular weight excluding hydrogens is 402 g/mol. The summed E-state index contributed by atoms with van der Waals surface area (Å²) in [5.74, 6) is 0. The maximum Gasteiger partial charge on any atom is 0.220 e. The van der Waals surface area contributed by atoms with Crippen LogP contribution in [0.25, 0.3) is 33.2 Å². The number of hydrogen-bond donors (Lipinski definition) is 0. The van der Waals surface area contributed by atoms with E-state index in [0.29, 0.717) is 0 Å². The van der Waals surface area contributed by atoms with Gasteiger partial charge < -0.3 is 0 Å². The van der Waals surface area contributed by atoms with Crippen molar-refractivity contribution >= 4 is 24.0 Å². The summed E-state index contributed by atoms with van der Waals surface area (Å²) in [4.78, 5) is 0. The third-order valence-electron chi connectivity index (χ3n) is 7.79. The van der Waals surface area contributed by atoms with Crippen LogP contribution < -0.4 is 9.75 Å². The minimum Gasteiger partial charge on any atom is -0.200 e. The lowest BCUT2D eigenvalue weighted by atomic mass is 9.92. The van der Waals surface area contributed by atoms with Gasteiger partial charge >= 0.3 is 0 Å². The zero-order chi connectivity index (χ0) is 22.5. The molecule has 0 aliphatic carbocycles. The van der Waals surface area contributed by atoms with Crippen LogP contribution in [-0.2, 0) is 7.05 Å². The van der Waals surface area contributed by atoms with Crippen LogP contribution in [0.4, 0.5) is 0 Å². The van der Waals surface area contributed by atoms with Crippen LogP contribution in [0.15, 0.2) is 66.9 Å². The Bertz CT molecular complexity index is 1310. The maximum absolute atomic E-state index is 2.58. The van der Waals surface area contributed by atoms with Crippen LogP contribution in [0.2, 0.25) is 18.6 Å². The minimum atomic E-state index is -1.26. The van der Waals surface area contributed by atoms with E-state index in [4.69, 9.17) is 0 Å². The zero-order valence-electron chi connectivity index (χ0n) is 20.1. The van der Waals surface area contributed by atoms with Crippen LogP contribution in [0.3, 0.4) is 0 Å². The molecule has 0 unspecified atom stereocenters. The smallest absolute Gasteiger partial charge is 0.200 e. The van der Waals surface area contributed by atoms with E-state index in [-0.39, 0.29) is 0 Å². The first-order chi connectivity index (χ1) is 15.4. The van der Waals surface area contributed by atoms with Crippen molar-refractivity contribution in [1.82, 2.24) is 0 Å². The van der Waals surface area contributed by atoms with Crippen molar-refractivity contribution in [3.05, 3.63) is 83.6 Å². The Kier molecular flexibility index (Phi) is 5.29. The molecule has 2 heteroatoms. The third-order valence-corrected chi connectivity index (χ3v) is 12.4. The largest absolute Gasteiger partial charge is 0.220 e. The van der Waals surface area contributed by atoms with E-state index >= 15 is 0 Å². The SMILES string of the molecule is Cc1cc(-c2c(C)cccc2C)ccc1-c1c2ccc([Si]3(C)CCCC3)cc2cc[n+]1C. The molecule has 4 aromatic rings. The van der Waals surface area contributed by atoms with E-state index in [9.17, 15) is 0 Å². The van der Waals surface area contributed by atoms with Crippen molar-refractivity contribution in [2.24, 2.45) is 7.05 Å². The number of benzene rings is 3. The Morgan fingerprint density at radius 1 is 0.781 bits per heavy atom. The Morgan fingerprint density at radius 2 is 1.50 bits per heavy atom.